The molecular formula is C17H14FN3O2S. The Morgan fingerprint density at radius 1 is 1.25 bits per heavy atom. The number of aryl methyl sites for hydroxylation is 1. The zero-order chi connectivity index (χ0) is 17.1. The van der Waals surface area contributed by atoms with E-state index in [1.54, 1.807) is 29.8 Å². The van der Waals surface area contributed by atoms with Crippen molar-refractivity contribution in [2.75, 3.05) is 5.32 Å². The number of rotatable bonds is 4. The fourth-order valence-electron chi connectivity index (χ4n) is 2.15. The van der Waals surface area contributed by atoms with Crippen molar-refractivity contribution in [2.24, 2.45) is 0 Å². The molecule has 7 heteroatoms. The molecule has 0 atom stereocenters. The lowest BCUT2D eigenvalue weighted by Gasteiger charge is -2.06. The molecule has 0 bridgehead atoms. The number of aromatic nitrogens is 2. The number of hydrogen-bond acceptors (Lipinski definition) is 4. The first-order valence-electron chi connectivity index (χ1n) is 7.30. The number of nitrogens with zero attached hydrogens (tertiary/aromatic N) is 2. The number of carbonyl (C=O) groups is 1. The molecule has 0 saturated heterocycles. The van der Waals surface area contributed by atoms with Gasteiger partial charge in [-0.05, 0) is 37.3 Å². The summed E-state index contributed by atoms with van der Waals surface area (Å²) < 4.78 is 14.5. The van der Waals surface area contributed by atoms with E-state index in [0.717, 1.165) is 5.56 Å². The van der Waals surface area contributed by atoms with Crippen LogP contribution in [0.25, 0.3) is 10.6 Å². The number of anilines is 1. The van der Waals surface area contributed by atoms with Gasteiger partial charge in [0.25, 0.3) is 11.5 Å². The van der Waals surface area contributed by atoms with E-state index in [0.29, 0.717) is 17.2 Å². The summed E-state index contributed by atoms with van der Waals surface area (Å²) in [5.41, 5.74) is 1.43. The molecule has 0 aliphatic carbocycles. The highest BCUT2D eigenvalue weighted by Gasteiger charge is 2.12. The molecule has 1 aromatic carbocycles. The third-order valence-corrected chi connectivity index (χ3v) is 4.30. The number of nitrogens with one attached hydrogen (secondary N) is 1. The Balaban J connectivity index is 1.79. The van der Waals surface area contributed by atoms with Crippen LogP contribution < -0.4 is 10.9 Å². The first kappa shape index (κ1) is 16.1. The van der Waals surface area contributed by atoms with E-state index in [1.165, 1.54) is 34.1 Å². The van der Waals surface area contributed by atoms with Crippen molar-refractivity contribution in [3.05, 3.63) is 69.8 Å². The minimum atomic E-state index is -0.360. The number of benzene rings is 1. The van der Waals surface area contributed by atoms with E-state index < -0.39 is 0 Å². The molecule has 0 unspecified atom stereocenters. The van der Waals surface area contributed by atoms with E-state index in [1.807, 2.05) is 6.92 Å². The van der Waals surface area contributed by atoms with Crippen LogP contribution in [0.4, 0.5) is 10.1 Å². The van der Waals surface area contributed by atoms with Crippen LogP contribution in [-0.2, 0) is 6.54 Å². The molecule has 122 valence electrons. The van der Waals surface area contributed by atoms with Gasteiger partial charge in [0.15, 0.2) is 0 Å². The van der Waals surface area contributed by atoms with Gasteiger partial charge in [-0.2, -0.15) is 0 Å². The predicted molar refractivity (Wildman–Crippen MR) is 91.8 cm³/mol. The highest BCUT2D eigenvalue weighted by molar-refractivity contribution is 7.13. The summed E-state index contributed by atoms with van der Waals surface area (Å²) in [5.74, 6) is -0.680. The van der Waals surface area contributed by atoms with Gasteiger partial charge in [0.2, 0.25) is 0 Å². The average molecular weight is 343 g/mol. The molecular weight excluding hydrogens is 329 g/mol. The Morgan fingerprint density at radius 2 is 2.00 bits per heavy atom. The van der Waals surface area contributed by atoms with Gasteiger partial charge in [0, 0.05) is 29.8 Å². The van der Waals surface area contributed by atoms with Crippen LogP contribution in [0.1, 0.15) is 17.4 Å². The molecule has 0 spiro atoms. The number of carbonyl (C=O) groups excluding carboxylic acids is 1. The fraction of sp³-hybridized carbons (Fsp3) is 0.118. The molecule has 0 aliphatic heterocycles. The third kappa shape index (κ3) is 3.41. The van der Waals surface area contributed by atoms with Crippen LogP contribution in [0.15, 0.2) is 52.8 Å². The number of pyridine rings is 1. The summed E-state index contributed by atoms with van der Waals surface area (Å²) in [4.78, 5) is 28.1. The lowest BCUT2D eigenvalue weighted by Crippen LogP contribution is -2.19. The highest BCUT2D eigenvalue weighted by Crippen LogP contribution is 2.24. The Hall–Kier alpha value is -2.80. The molecule has 0 aliphatic rings. The van der Waals surface area contributed by atoms with E-state index >= 15 is 0 Å². The first-order valence-corrected chi connectivity index (χ1v) is 8.18. The van der Waals surface area contributed by atoms with Crippen molar-refractivity contribution < 1.29 is 9.18 Å². The molecule has 0 fully saturated rings. The second-order valence-corrected chi connectivity index (χ2v) is 5.90. The molecule has 2 heterocycles. The third-order valence-electron chi connectivity index (χ3n) is 3.41. The Labute approximate surface area is 141 Å². The number of hydrogen-bond donors (Lipinski definition) is 1. The monoisotopic (exact) mass is 343 g/mol. The van der Waals surface area contributed by atoms with Crippen LogP contribution in [0, 0.1) is 5.82 Å². The summed E-state index contributed by atoms with van der Waals surface area (Å²) in [6.07, 6.45) is 1.59. The summed E-state index contributed by atoms with van der Waals surface area (Å²) in [7, 11) is 0. The standard InChI is InChI=1S/C17H14FN3O2S/c1-2-21-9-13(7-8-15(21)22)19-16(23)14-10-24-17(20-14)11-3-5-12(18)6-4-11/h3-10H,2H2,1H3,(H,19,23). The number of thiazole rings is 1. The second-order valence-electron chi connectivity index (χ2n) is 5.04. The maximum Gasteiger partial charge on any atom is 0.275 e. The lowest BCUT2D eigenvalue weighted by molar-refractivity contribution is 0.102. The molecule has 0 radical (unpaired) electrons. The van der Waals surface area contributed by atoms with Crippen LogP contribution in [0.2, 0.25) is 0 Å². The minimum absolute atomic E-state index is 0.122. The molecule has 2 aromatic heterocycles. The van der Waals surface area contributed by atoms with E-state index in [2.05, 4.69) is 10.3 Å². The van der Waals surface area contributed by atoms with Gasteiger partial charge in [-0.25, -0.2) is 9.37 Å². The molecule has 24 heavy (non-hydrogen) atoms. The SMILES string of the molecule is CCn1cc(NC(=O)c2csc(-c3ccc(F)cc3)n2)ccc1=O. The van der Waals surface area contributed by atoms with Crippen molar-refractivity contribution in [2.45, 2.75) is 13.5 Å². The summed E-state index contributed by atoms with van der Waals surface area (Å²) in [5, 5.41) is 5.00. The normalized spacial score (nSPS) is 10.6. The highest BCUT2D eigenvalue weighted by atomic mass is 32.1. The molecule has 1 amide bonds. The van der Waals surface area contributed by atoms with Crippen molar-refractivity contribution in [1.82, 2.24) is 9.55 Å². The van der Waals surface area contributed by atoms with Gasteiger partial charge in [0.1, 0.15) is 16.5 Å². The minimum Gasteiger partial charge on any atom is -0.319 e. The van der Waals surface area contributed by atoms with Crippen molar-refractivity contribution in [3.8, 4) is 10.6 Å². The van der Waals surface area contributed by atoms with Crippen molar-refractivity contribution in [3.63, 3.8) is 0 Å². The molecule has 3 aromatic rings. The summed E-state index contributed by atoms with van der Waals surface area (Å²) in [6, 6.07) is 8.90. The van der Waals surface area contributed by atoms with Crippen molar-refractivity contribution >= 4 is 22.9 Å². The number of amides is 1. The van der Waals surface area contributed by atoms with Gasteiger partial charge in [-0.15, -0.1) is 11.3 Å². The zero-order valence-electron chi connectivity index (χ0n) is 12.8. The predicted octanol–water partition coefficient (Wildman–Crippen LogP) is 3.38. The van der Waals surface area contributed by atoms with Gasteiger partial charge in [0.05, 0.1) is 5.69 Å². The Bertz CT molecular complexity index is 932. The largest absolute Gasteiger partial charge is 0.319 e. The fourth-order valence-corrected chi connectivity index (χ4v) is 2.96. The maximum absolute atomic E-state index is 13.0. The van der Waals surface area contributed by atoms with Gasteiger partial charge in [-0.1, -0.05) is 0 Å². The molecule has 3 rings (SSSR count). The quantitative estimate of drug-likeness (QED) is 0.790. The smallest absolute Gasteiger partial charge is 0.275 e. The van der Waals surface area contributed by atoms with Crippen LogP contribution >= 0.6 is 11.3 Å². The van der Waals surface area contributed by atoms with Gasteiger partial charge in [-0.3, -0.25) is 9.59 Å². The zero-order valence-corrected chi connectivity index (χ0v) is 13.6. The topological polar surface area (TPSA) is 64.0 Å². The van der Waals surface area contributed by atoms with E-state index in [9.17, 15) is 14.0 Å². The molecule has 0 saturated carbocycles. The van der Waals surface area contributed by atoms with Gasteiger partial charge >= 0.3 is 0 Å². The molecule has 5 nitrogen and oxygen atoms in total. The Morgan fingerprint density at radius 3 is 2.71 bits per heavy atom. The first-order chi connectivity index (χ1) is 11.6. The lowest BCUT2D eigenvalue weighted by atomic mass is 10.2. The van der Waals surface area contributed by atoms with Gasteiger partial charge < -0.3 is 9.88 Å². The van der Waals surface area contributed by atoms with E-state index in [4.69, 9.17) is 0 Å². The number of halogens is 1. The van der Waals surface area contributed by atoms with E-state index in [-0.39, 0.29) is 23.0 Å². The summed E-state index contributed by atoms with van der Waals surface area (Å²) in [6.45, 7) is 2.37. The van der Waals surface area contributed by atoms with Crippen LogP contribution in [-0.4, -0.2) is 15.5 Å². The van der Waals surface area contributed by atoms with Crippen LogP contribution in [0.3, 0.4) is 0 Å². The van der Waals surface area contributed by atoms with Crippen molar-refractivity contribution in [1.29, 1.82) is 0 Å². The second kappa shape index (κ2) is 6.76. The molecule has 1 N–H and O–H groups in total. The maximum atomic E-state index is 13.0. The Kier molecular flexibility index (Phi) is 4.52. The summed E-state index contributed by atoms with van der Waals surface area (Å²) >= 11 is 1.31. The average Bonchev–Trinajstić information content (AvgIpc) is 3.07. The van der Waals surface area contributed by atoms with Crippen LogP contribution in [0.5, 0.6) is 0 Å².